The number of rotatable bonds is 5. The Labute approximate surface area is 148 Å². The van der Waals surface area contributed by atoms with Gasteiger partial charge in [-0.3, -0.25) is 4.57 Å². The number of nitrogens with zero attached hydrogens (tertiary/aromatic N) is 1. The van der Waals surface area contributed by atoms with E-state index in [0.717, 1.165) is 4.08 Å². The van der Waals surface area contributed by atoms with E-state index in [1.165, 1.54) is 19.2 Å². The summed E-state index contributed by atoms with van der Waals surface area (Å²) in [5.74, 6) is 0. The Hall–Kier alpha value is -2.20. The molecule has 0 saturated carbocycles. The molecule has 0 aliphatic carbocycles. The summed E-state index contributed by atoms with van der Waals surface area (Å²) in [5.41, 5.74) is 0. The molecule has 25 heavy (non-hydrogen) atoms. The molecule has 3 aromatic carbocycles. The molecule has 128 valence electrons. The van der Waals surface area contributed by atoms with Crippen LogP contribution in [0.1, 0.15) is 0 Å². The van der Waals surface area contributed by atoms with Crippen molar-refractivity contribution in [3.05, 3.63) is 91.0 Å². The summed E-state index contributed by atoms with van der Waals surface area (Å²) in [6.07, 6.45) is 0. The maximum absolute atomic E-state index is 14.1. The van der Waals surface area contributed by atoms with Crippen molar-refractivity contribution in [3.63, 3.8) is 0 Å². The minimum Gasteiger partial charge on any atom is -0.295 e. The first-order chi connectivity index (χ1) is 12.0. The third-order valence-corrected chi connectivity index (χ3v) is 9.69. The van der Waals surface area contributed by atoms with Crippen molar-refractivity contribution in [1.29, 1.82) is 0 Å². The second-order valence-electron chi connectivity index (χ2n) is 5.50. The molecule has 6 heteroatoms. The van der Waals surface area contributed by atoms with Crippen LogP contribution in [0.3, 0.4) is 0 Å². The molecule has 0 bridgehead atoms. The molecular weight excluding hydrogens is 353 g/mol. The van der Waals surface area contributed by atoms with E-state index in [4.69, 9.17) is 0 Å². The molecule has 0 N–H and O–H groups in total. The average Bonchev–Trinajstić information content (AvgIpc) is 2.68. The summed E-state index contributed by atoms with van der Waals surface area (Å²) in [6.45, 7) is 0. The molecule has 0 saturated heterocycles. The van der Waals surface area contributed by atoms with Gasteiger partial charge in [0.25, 0.3) is 0 Å². The van der Waals surface area contributed by atoms with Crippen LogP contribution >= 0.6 is 7.29 Å². The van der Waals surface area contributed by atoms with Crippen LogP contribution in [0.4, 0.5) is 0 Å². The Morgan fingerprint density at radius 2 is 1.04 bits per heavy atom. The van der Waals surface area contributed by atoms with Crippen molar-refractivity contribution < 1.29 is 13.0 Å². The van der Waals surface area contributed by atoms with Gasteiger partial charge in [0.15, 0.2) is 0 Å². The standard InChI is InChI=1S/C19H18NO3PS/c1-20(25(22,23)19-15-9-4-10-16-19)24(21,17-11-5-2-6-12-17)18-13-7-3-8-14-18/h2-16H,1H3. The number of hydrogen-bond donors (Lipinski definition) is 0. The Morgan fingerprint density at radius 1 is 0.680 bits per heavy atom. The predicted octanol–water partition coefficient (Wildman–Crippen LogP) is 3.24. The molecule has 0 aliphatic heterocycles. The largest absolute Gasteiger partial charge is 0.295 e. The van der Waals surface area contributed by atoms with Gasteiger partial charge >= 0.3 is 0 Å². The second-order valence-corrected chi connectivity index (χ2v) is 10.5. The Morgan fingerprint density at radius 3 is 1.44 bits per heavy atom. The highest BCUT2D eigenvalue weighted by Gasteiger charge is 2.40. The van der Waals surface area contributed by atoms with Gasteiger partial charge in [-0.05, 0) is 36.4 Å². The molecule has 0 aliphatic rings. The van der Waals surface area contributed by atoms with Gasteiger partial charge < -0.3 is 0 Å². The monoisotopic (exact) mass is 371 g/mol. The van der Waals surface area contributed by atoms with Gasteiger partial charge in [-0.2, -0.15) is 0 Å². The van der Waals surface area contributed by atoms with E-state index in [1.807, 2.05) is 12.1 Å². The van der Waals surface area contributed by atoms with Crippen LogP contribution in [0.5, 0.6) is 0 Å². The number of hydrogen-bond acceptors (Lipinski definition) is 3. The van der Waals surface area contributed by atoms with Crippen molar-refractivity contribution in [2.75, 3.05) is 7.05 Å². The van der Waals surface area contributed by atoms with E-state index in [9.17, 15) is 13.0 Å². The summed E-state index contributed by atoms with van der Waals surface area (Å²) in [6, 6.07) is 25.5. The molecule has 3 rings (SSSR count). The van der Waals surface area contributed by atoms with Crippen LogP contribution < -0.4 is 10.6 Å². The van der Waals surface area contributed by atoms with Crippen molar-refractivity contribution in [1.82, 2.24) is 4.08 Å². The molecule has 0 fully saturated rings. The maximum Gasteiger partial charge on any atom is 0.249 e. The molecular formula is C19H18NO3PS. The maximum atomic E-state index is 14.1. The molecule has 0 amide bonds. The van der Waals surface area contributed by atoms with E-state index < -0.39 is 17.3 Å². The van der Waals surface area contributed by atoms with Crippen molar-refractivity contribution in [3.8, 4) is 0 Å². The molecule has 0 spiro atoms. The lowest BCUT2D eigenvalue weighted by molar-refractivity contribution is 0.533. The van der Waals surface area contributed by atoms with Gasteiger partial charge in [0.1, 0.15) is 0 Å². The smallest absolute Gasteiger partial charge is 0.249 e. The Bertz CT molecular complexity index is 947. The van der Waals surface area contributed by atoms with Crippen LogP contribution in [-0.2, 0) is 14.6 Å². The van der Waals surface area contributed by atoms with Crippen LogP contribution in [-0.4, -0.2) is 19.5 Å². The Kier molecular flexibility index (Phi) is 4.91. The zero-order valence-electron chi connectivity index (χ0n) is 13.7. The lowest BCUT2D eigenvalue weighted by Gasteiger charge is -2.28. The van der Waals surface area contributed by atoms with E-state index in [-0.39, 0.29) is 4.90 Å². The minimum absolute atomic E-state index is 0.115. The van der Waals surface area contributed by atoms with E-state index in [2.05, 4.69) is 0 Å². The zero-order valence-corrected chi connectivity index (χ0v) is 15.4. The van der Waals surface area contributed by atoms with Crippen LogP contribution in [0.15, 0.2) is 95.9 Å². The predicted molar refractivity (Wildman–Crippen MR) is 101 cm³/mol. The summed E-state index contributed by atoms with van der Waals surface area (Å²) >= 11 is 0. The zero-order chi connectivity index (χ0) is 17.9. The quantitative estimate of drug-likeness (QED) is 0.647. The first-order valence-corrected chi connectivity index (χ1v) is 10.8. The van der Waals surface area contributed by atoms with Crippen LogP contribution in [0.25, 0.3) is 0 Å². The molecule has 0 atom stereocenters. The molecule has 0 unspecified atom stereocenters. The molecule has 0 aromatic heterocycles. The van der Waals surface area contributed by atoms with Crippen molar-refractivity contribution in [2.45, 2.75) is 4.90 Å². The van der Waals surface area contributed by atoms with Gasteiger partial charge in [-0.1, -0.05) is 54.6 Å². The lowest BCUT2D eigenvalue weighted by Crippen LogP contribution is -2.34. The third-order valence-electron chi connectivity index (χ3n) is 4.00. The highest BCUT2D eigenvalue weighted by atomic mass is 32.2. The molecule has 0 heterocycles. The second kappa shape index (κ2) is 6.96. The molecule has 3 aromatic rings. The summed E-state index contributed by atoms with van der Waals surface area (Å²) in [5, 5.41) is 0.950. The van der Waals surface area contributed by atoms with Gasteiger partial charge in [0.05, 0.1) is 4.90 Å². The summed E-state index contributed by atoms with van der Waals surface area (Å²) in [4.78, 5) is 0.115. The van der Waals surface area contributed by atoms with E-state index in [0.29, 0.717) is 10.6 Å². The molecule has 0 radical (unpaired) electrons. The highest BCUT2D eigenvalue weighted by molar-refractivity contribution is 7.98. The topological polar surface area (TPSA) is 54.5 Å². The van der Waals surface area contributed by atoms with Gasteiger partial charge in [0, 0.05) is 17.7 Å². The molecule has 4 nitrogen and oxygen atoms in total. The van der Waals surface area contributed by atoms with Crippen LogP contribution in [0, 0.1) is 0 Å². The van der Waals surface area contributed by atoms with E-state index >= 15 is 0 Å². The Balaban J connectivity index is 2.21. The van der Waals surface area contributed by atoms with E-state index in [1.54, 1.807) is 66.7 Å². The number of benzene rings is 3. The van der Waals surface area contributed by atoms with Crippen LogP contribution in [0.2, 0.25) is 0 Å². The first kappa shape index (κ1) is 17.6. The fourth-order valence-corrected chi connectivity index (χ4v) is 7.60. The fourth-order valence-electron chi connectivity index (χ4n) is 2.63. The van der Waals surface area contributed by atoms with Crippen molar-refractivity contribution >= 4 is 27.9 Å². The third kappa shape index (κ3) is 3.19. The summed E-state index contributed by atoms with van der Waals surface area (Å²) in [7, 11) is -6.10. The van der Waals surface area contributed by atoms with Gasteiger partial charge in [-0.25, -0.2) is 8.42 Å². The van der Waals surface area contributed by atoms with Gasteiger partial charge in [0.2, 0.25) is 17.3 Å². The normalized spacial score (nSPS) is 12.2. The number of sulfonamides is 1. The van der Waals surface area contributed by atoms with Gasteiger partial charge in [-0.15, -0.1) is 4.08 Å². The first-order valence-electron chi connectivity index (χ1n) is 7.73. The minimum atomic E-state index is -3.92. The lowest BCUT2D eigenvalue weighted by atomic mass is 10.4. The highest BCUT2D eigenvalue weighted by Crippen LogP contribution is 2.49. The SMILES string of the molecule is CN(P(=O)(c1ccccc1)c1ccccc1)S(=O)(=O)c1ccccc1. The average molecular weight is 371 g/mol. The fraction of sp³-hybridized carbons (Fsp3) is 0.0526. The summed E-state index contributed by atoms with van der Waals surface area (Å²) < 4.78 is 41.3. The van der Waals surface area contributed by atoms with Crippen molar-refractivity contribution in [2.24, 2.45) is 0 Å².